The number of benzene rings is 2. The molecular formula is C27H27F2N5O. The monoisotopic (exact) mass is 475 g/mol. The van der Waals surface area contributed by atoms with Crippen molar-refractivity contribution in [2.45, 2.75) is 19.3 Å². The van der Waals surface area contributed by atoms with Crippen LogP contribution in [0.25, 0.3) is 33.4 Å². The zero-order valence-corrected chi connectivity index (χ0v) is 19.6. The largest absolute Gasteiger partial charge is 0.490 e. The van der Waals surface area contributed by atoms with E-state index in [2.05, 4.69) is 20.2 Å². The van der Waals surface area contributed by atoms with Crippen LogP contribution in [-0.4, -0.2) is 53.1 Å². The number of pyridine rings is 1. The molecule has 0 aliphatic carbocycles. The minimum absolute atomic E-state index is 0.285. The first-order valence-corrected chi connectivity index (χ1v) is 11.9. The normalized spacial score (nSPS) is 14.3. The van der Waals surface area contributed by atoms with Crippen LogP contribution in [-0.2, 0) is 0 Å². The van der Waals surface area contributed by atoms with Crippen molar-refractivity contribution in [2.75, 3.05) is 38.6 Å². The van der Waals surface area contributed by atoms with Crippen molar-refractivity contribution >= 4 is 16.7 Å². The lowest BCUT2D eigenvalue weighted by Gasteiger charge is -2.26. The Hall–Kier alpha value is -3.65. The van der Waals surface area contributed by atoms with Crippen molar-refractivity contribution in [3.63, 3.8) is 0 Å². The third kappa shape index (κ3) is 5.07. The summed E-state index contributed by atoms with van der Waals surface area (Å²) in [6.07, 6.45) is 7.08. The van der Waals surface area contributed by atoms with Gasteiger partial charge < -0.3 is 10.1 Å². The third-order valence-electron chi connectivity index (χ3n) is 6.28. The standard InChI is InChI=1S/C27H27F2N5O/c1-30-27-22-14-19(21-8-7-20(28)16-23(21)29)15-24(35-13-12-34-10-3-2-4-11-34)25(22)32-26(33-27)18-6-5-9-31-17-18/h5-9,14-17H,2-4,10-13H2,1H3,(H,30,32,33). The number of anilines is 1. The van der Waals surface area contributed by atoms with Crippen LogP contribution in [0.2, 0.25) is 0 Å². The fraction of sp³-hybridized carbons (Fsp3) is 0.296. The highest BCUT2D eigenvalue weighted by atomic mass is 19.1. The highest BCUT2D eigenvalue weighted by Crippen LogP contribution is 2.36. The van der Waals surface area contributed by atoms with Crippen molar-refractivity contribution in [2.24, 2.45) is 0 Å². The zero-order valence-electron chi connectivity index (χ0n) is 19.6. The summed E-state index contributed by atoms with van der Waals surface area (Å²) in [7, 11) is 1.77. The molecule has 1 saturated heterocycles. The average Bonchev–Trinajstić information content (AvgIpc) is 2.89. The van der Waals surface area contributed by atoms with E-state index in [0.29, 0.717) is 40.5 Å². The predicted molar refractivity (Wildman–Crippen MR) is 133 cm³/mol. The highest BCUT2D eigenvalue weighted by molar-refractivity contribution is 5.97. The topological polar surface area (TPSA) is 63.2 Å². The average molecular weight is 476 g/mol. The molecule has 0 spiro atoms. The zero-order chi connectivity index (χ0) is 24.2. The number of aromatic nitrogens is 3. The number of hydrogen-bond donors (Lipinski definition) is 1. The molecule has 2 aromatic carbocycles. The van der Waals surface area contributed by atoms with E-state index in [0.717, 1.165) is 31.3 Å². The molecule has 1 aliphatic rings. The van der Waals surface area contributed by atoms with Gasteiger partial charge in [0.1, 0.15) is 35.3 Å². The second kappa shape index (κ2) is 10.3. The van der Waals surface area contributed by atoms with Gasteiger partial charge in [-0.05, 0) is 67.9 Å². The molecule has 0 bridgehead atoms. The third-order valence-corrected chi connectivity index (χ3v) is 6.28. The number of fused-ring (bicyclic) bond motifs is 1. The molecule has 1 N–H and O–H groups in total. The number of piperidine rings is 1. The minimum Gasteiger partial charge on any atom is -0.490 e. The van der Waals surface area contributed by atoms with Crippen LogP contribution in [0.3, 0.4) is 0 Å². The van der Waals surface area contributed by atoms with Gasteiger partial charge in [0.25, 0.3) is 0 Å². The summed E-state index contributed by atoms with van der Waals surface area (Å²) in [5.41, 5.74) is 2.25. The van der Waals surface area contributed by atoms with E-state index in [1.54, 1.807) is 25.5 Å². The SMILES string of the molecule is CNc1nc(-c2cccnc2)nc2c(OCCN3CCCCC3)cc(-c3ccc(F)cc3F)cc12. The molecule has 0 saturated carbocycles. The molecule has 2 aromatic heterocycles. The first-order valence-electron chi connectivity index (χ1n) is 11.9. The molecule has 180 valence electrons. The molecule has 6 nitrogen and oxygen atoms in total. The van der Waals surface area contributed by atoms with Crippen LogP contribution in [0.5, 0.6) is 5.75 Å². The molecule has 0 radical (unpaired) electrons. The van der Waals surface area contributed by atoms with Crippen molar-refractivity contribution in [1.82, 2.24) is 19.9 Å². The number of hydrogen-bond acceptors (Lipinski definition) is 6. The summed E-state index contributed by atoms with van der Waals surface area (Å²) in [6, 6.07) is 10.9. The van der Waals surface area contributed by atoms with Crippen LogP contribution in [0, 0.1) is 11.6 Å². The van der Waals surface area contributed by atoms with Crippen molar-refractivity contribution in [3.8, 4) is 28.3 Å². The maximum atomic E-state index is 14.7. The molecule has 3 heterocycles. The maximum Gasteiger partial charge on any atom is 0.163 e. The van der Waals surface area contributed by atoms with Crippen LogP contribution < -0.4 is 10.1 Å². The molecule has 0 atom stereocenters. The number of likely N-dealkylation sites (tertiary alicyclic amines) is 1. The highest BCUT2D eigenvalue weighted by Gasteiger charge is 2.18. The number of ether oxygens (including phenoxy) is 1. The van der Waals surface area contributed by atoms with Crippen LogP contribution in [0.1, 0.15) is 19.3 Å². The van der Waals surface area contributed by atoms with Crippen LogP contribution in [0.4, 0.5) is 14.6 Å². The number of nitrogens with zero attached hydrogens (tertiary/aromatic N) is 4. The van der Waals surface area contributed by atoms with Gasteiger partial charge >= 0.3 is 0 Å². The van der Waals surface area contributed by atoms with Gasteiger partial charge in [-0.3, -0.25) is 9.88 Å². The maximum absolute atomic E-state index is 14.7. The summed E-state index contributed by atoms with van der Waals surface area (Å²) in [4.78, 5) is 16.1. The van der Waals surface area contributed by atoms with E-state index in [1.165, 1.54) is 31.4 Å². The van der Waals surface area contributed by atoms with E-state index in [1.807, 2.05) is 18.2 Å². The predicted octanol–water partition coefficient (Wildman–Crippen LogP) is 5.54. The van der Waals surface area contributed by atoms with E-state index >= 15 is 0 Å². The lowest BCUT2D eigenvalue weighted by Crippen LogP contribution is -2.33. The number of nitrogens with one attached hydrogen (secondary N) is 1. The van der Waals surface area contributed by atoms with Gasteiger partial charge in [-0.25, -0.2) is 18.7 Å². The molecule has 0 unspecified atom stereocenters. The second-order valence-electron chi connectivity index (χ2n) is 8.63. The van der Waals surface area contributed by atoms with Crippen molar-refractivity contribution < 1.29 is 13.5 Å². The lowest BCUT2D eigenvalue weighted by atomic mass is 10.0. The Bertz CT molecular complexity index is 1330. The Morgan fingerprint density at radius 2 is 1.86 bits per heavy atom. The van der Waals surface area contributed by atoms with Crippen molar-refractivity contribution in [1.29, 1.82) is 0 Å². The quantitative estimate of drug-likeness (QED) is 0.379. The summed E-state index contributed by atoms with van der Waals surface area (Å²) >= 11 is 0. The number of halogens is 2. The molecule has 8 heteroatoms. The Morgan fingerprint density at radius 3 is 2.60 bits per heavy atom. The summed E-state index contributed by atoms with van der Waals surface area (Å²) in [5.74, 6) is 0.367. The smallest absolute Gasteiger partial charge is 0.163 e. The van der Waals surface area contributed by atoms with Gasteiger partial charge in [0, 0.05) is 48.6 Å². The summed E-state index contributed by atoms with van der Waals surface area (Å²) < 4.78 is 34.5. The molecular weight excluding hydrogens is 448 g/mol. The van der Waals surface area contributed by atoms with Gasteiger partial charge in [0.2, 0.25) is 0 Å². The fourth-order valence-corrected chi connectivity index (χ4v) is 4.47. The Morgan fingerprint density at radius 1 is 1.00 bits per heavy atom. The Kier molecular flexibility index (Phi) is 6.81. The minimum atomic E-state index is -0.637. The molecule has 0 amide bonds. The van der Waals surface area contributed by atoms with Gasteiger partial charge in [-0.2, -0.15) is 0 Å². The number of rotatable bonds is 7. The molecule has 35 heavy (non-hydrogen) atoms. The fourth-order valence-electron chi connectivity index (χ4n) is 4.47. The second-order valence-corrected chi connectivity index (χ2v) is 8.63. The van der Waals surface area contributed by atoms with Crippen LogP contribution in [0.15, 0.2) is 54.9 Å². The first kappa shape index (κ1) is 23.1. The van der Waals surface area contributed by atoms with E-state index in [4.69, 9.17) is 9.72 Å². The molecule has 1 aliphatic heterocycles. The van der Waals surface area contributed by atoms with Gasteiger partial charge in [0.05, 0.1) is 0 Å². The molecule has 4 aromatic rings. The molecule has 5 rings (SSSR count). The van der Waals surface area contributed by atoms with Gasteiger partial charge in [-0.15, -0.1) is 0 Å². The summed E-state index contributed by atoms with van der Waals surface area (Å²) in [6.45, 7) is 3.42. The molecule has 1 fully saturated rings. The van der Waals surface area contributed by atoms with Crippen LogP contribution >= 0.6 is 0 Å². The van der Waals surface area contributed by atoms with E-state index < -0.39 is 11.6 Å². The Balaban J connectivity index is 1.60. The van der Waals surface area contributed by atoms with E-state index in [-0.39, 0.29) is 5.56 Å². The lowest BCUT2D eigenvalue weighted by molar-refractivity contribution is 0.184. The van der Waals surface area contributed by atoms with Gasteiger partial charge in [-0.1, -0.05) is 6.42 Å². The Labute approximate surface area is 203 Å². The summed E-state index contributed by atoms with van der Waals surface area (Å²) in [5, 5.41) is 3.82. The first-order chi connectivity index (χ1) is 17.1. The van der Waals surface area contributed by atoms with Gasteiger partial charge in [0.15, 0.2) is 5.82 Å². The van der Waals surface area contributed by atoms with Crippen molar-refractivity contribution in [3.05, 3.63) is 66.5 Å². The van der Waals surface area contributed by atoms with E-state index in [9.17, 15) is 8.78 Å².